The van der Waals surface area contributed by atoms with Gasteiger partial charge >= 0.3 is 0 Å². The van der Waals surface area contributed by atoms with Crippen molar-refractivity contribution >= 4 is 33.2 Å². The summed E-state index contributed by atoms with van der Waals surface area (Å²) in [6.45, 7) is 0.605. The lowest BCUT2D eigenvalue weighted by Gasteiger charge is -2.20. The molecule has 0 radical (unpaired) electrons. The van der Waals surface area contributed by atoms with Crippen LogP contribution in [0.5, 0.6) is 0 Å². The molecule has 0 aliphatic carbocycles. The molecule has 4 nitrogen and oxygen atoms in total. The van der Waals surface area contributed by atoms with Crippen LogP contribution >= 0.6 is 27.3 Å². The van der Waals surface area contributed by atoms with Gasteiger partial charge in [0.15, 0.2) is 0 Å². The van der Waals surface area contributed by atoms with Crippen LogP contribution < -0.4 is 10.2 Å². The molecule has 20 heavy (non-hydrogen) atoms. The largest absolute Gasteiger partial charge is 0.346 e. The van der Waals surface area contributed by atoms with E-state index in [1.54, 1.807) is 29.8 Å². The molecule has 0 unspecified atom stereocenters. The molecule has 0 saturated heterocycles. The van der Waals surface area contributed by atoms with Gasteiger partial charge in [-0.1, -0.05) is 6.07 Å². The van der Waals surface area contributed by atoms with E-state index in [0.29, 0.717) is 12.1 Å². The third-order valence-corrected chi connectivity index (χ3v) is 4.44. The Morgan fingerprint density at radius 3 is 2.90 bits per heavy atom. The van der Waals surface area contributed by atoms with Crippen LogP contribution in [0.3, 0.4) is 0 Å². The highest BCUT2D eigenvalue weighted by Gasteiger charge is 2.20. The smallest absolute Gasteiger partial charge is 0.253 e. The zero-order valence-electron chi connectivity index (χ0n) is 11.4. The minimum Gasteiger partial charge on any atom is -0.346 e. The molecule has 1 atom stereocenters. The lowest BCUT2D eigenvalue weighted by molar-refractivity contribution is -0.890. The Morgan fingerprint density at radius 1 is 1.50 bits per heavy atom. The molecule has 2 N–H and O–H groups in total. The summed E-state index contributed by atoms with van der Waals surface area (Å²) in [7, 11) is 4.19. The van der Waals surface area contributed by atoms with E-state index >= 15 is 0 Å². The number of hydrogen-bond donors (Lipinski definition) is 2. The quantitative estimate of drug-likeness (QED) is 0.855. The summed E-state index contributed by atoms with van der Waals surface area (Å²) >= 11 is 5.04. The molecular formula is C14H17BrN3OS+. The van der Waals surface area contributed by atoms with Crippen LogP contribution in [0, 0.1) is 0 Å². The molecule has 0 bridgehead atoms. The third-order valence-electron chi connectivity index (χ3n) is 3.02. The standard InChI is InChI=1S/C14H16BrN3OS/c1-18(2)12(13-4-3-5-20-13)9-17-14(19)10-6-11(15)8-16-7-10/h3-8,12H,9H2,1-2H3,(H,17,19)/p+1/t12-/m0/s1. The van der Waals surface area contributed by atoms with Crippen molar-refractivity contribution in [2.24, 2.45) is 0 Å². The molecule has 2 rings (SSSR count). The van der Waals surface area contributed by atoms with Crippen LogP contribution in [-0.2, 0) is 0 Å². The maximum Gasteiger partial charge on any atom is 0.253 e. The third kappa shape index (κ3) is 3.88. The average molecular weight is 355 g/mol. The summed E-state index contributed by atoms with van der Waals surface area (Å²) in [6.07, 6.45) is 3.23. The number of thiophene rings is 1. The first-order valence-corrected chi connectivity index (χ1v) is 7.97. The zero-order valence-corrected chi connectivity index (χ0v) is 13.8. The summed E-state index contributed by atoms with van der Waals surface area (Å²) in [6, 6.07) is 6.18. The fraction of sp³-hybridized carbons (Fsp3) is 0.286. The molecule has 0 fully saturated rings. The molecule has 0 saturated carbocycles. The molecule has 0 aliphatic heterocycles. The second kappa shape index (κ2) is 6.97. The van der Waals surface area contributed by atoms with E-state index in [2.05, 4.69) is 51.8 Å². The van der Waals surface area contributed by atoms with Gasteiger partial charge in [0.2, 0.25) is 0 Å². The lowest BCUT2D eigenvalue weighted by Crippen LogP contribution is -3.06. The first-order valence-electron chi connectivity index (χ1n) is 6.30. The van der Waals surface area contributed by atoms with Crippen LogP contribution in [0.25, 0.3) is 0 Å². The Labute approximate surface area is 131 Å². The predicted octanol–water partition coefficient (Wildman–Crippen LogP) is 1.52. The van der Waals surface area contributed by atoms with Crippen LogP contribution in [0.2, 0.25) is 0 Å². The highest BCUT2D eigenvalue weighted by Crippen LogP contribution is 2.16. The number of nitrogens with zero attached hydrogens (tertiary/aromatic N) is 1. The van der Waals surface area contributed by atoms with E-state index < -0.39 is 0 Å². The second-order valence-electron chi connectivity index (χ2n) is 4.75. The Kier molecular flexibility index (Phi) is 5.28. The van der Waals surface area contributed by atoms with Gasteiger partial charge in [-0.05, 0) is 33.4 Å². The number of hydrogen-bond acceptors (Lipinski definition) is 3. The highest BCUT2D eigenvalue weighted by atomic mass is 79.9. The number of likely N-dealkylation sites (N-methyl/N-ethyl adjacent to an activating group) is 1. The molecule has 2 aromatic rings. The molecule has 2 aromatic heterocycles. The average Bonchev–Trinajstić information content (AvgIpc) is 2.92. The van der Waals surface area contributed by atoms with Crippen LogP contribution in [-0.4, -0.2) is 31.5 Å². The van der Waals surface area contributed by atoms with Gasteiger partial charge < -0.3 is 10.2 Å². The molecule has 0 spiro atoms. The van der Waals surface area contributed by atoms with Gasteiger partial charge in [0.25, 0.3) is 5.91 Å². The maximum absolute atomic E-state index is 12.1. The van der Waals surface area contributed by atoms with E-state index in [4.69, 9.17) is 0 Å². The first kappa shape index (κ1) is 15.2. The van der Waals surface area contributed by atoms with Crippen molar-refractivity contribution in [1.82, 2.24) is 10.3 Å². The van der Waals surface area contributed by atoms with Gasteiger partial charge in [0, 0.05) is 16.9 Å². The minimum absolute atomic E-state index is 0.0957. The SMILES string of the molecule is C[NH+](C)[C@@H](CNC(=O)c1cncc(Br)c1)c1cccs1. The van der Waals surface area contributed by atoms with E-state index in [-0.39, 0.29) is 11.9 Å². The Morgan fingerprint density at radius 2 is 2.30 bits per heavy atom. The summed E-state index contributed by atoms with van der Waals surface area (Å²) in [5, 5.41) is 5.04. The monoisotopic (exact) mass is 354 g/mol. The van der Waals surface area contributed by atoms with E-state index in [1.807, 2.05) is 6.07 Å². The lowest BCUT2D eigenvalue weighted by atomic mass is 10.2. The number of carbonyl (C=O) groups is 1. The van der Waals surface area contributed by atoms with Crippen LogP contribution in [0.4, 0.5) is 0 Å². The Balaban J connectivity index is 2.01. The zero-order chi connectivity index (χ0) is 14.5. The van der Waals surface area contributed by atoms with Gasteiger partial charge in [0.1, 0.15) is 6.04 Å². The van der Waals surface area contributed by atoms with Gasteiger partial charge in [0.05, 0.1) is 31.1 Å². The van der Waals surface area contributed by atoms with Gasteiger partial charge in [-0.3, -0.25) is 9.78 Å². The topological polar surface area (TPSA) is 46.4 Å². The first-order chi connectivity index (χ1) is 9.58. The van der Waals surface area contributed by atoms with Crippen molar-refractivity contribution in [2.75, 3.05) is 20.6 Å². The maximum atomic E-state index is 12.1. The van der Waals surface area contributed by atoms with E-state index in [9.17, 15) is 4.79 Å². The Bertz CT molecular complexity index is 572. The summed E-state index contributed by atoms with van der Waals surface area (Å²) in [4.78, 5) is 18.7. The van der Waals surface area contributed by atoms with Crippen molar-refractivity contribution in [1.29, 1.82) is 0 Å². The molecule has 106 valence electrons. The van der Waals surface area contributed by atoms with Crippen molar-refractivity contribution in [3.63, 3.8) is 0 Å². The summed E-state index contributed by atoms with van der Waals surface area (Å²) in [5.74, 6) is -0.0957. The minimum atomic E-state index is -0.0957. The van der Waals surface area contributed by atoms with Gasteiger partial charge in [-0.2, -0.15) is 0 Å². The normalized spacial score (nSPS) is 12.4. The molecule has 6 heteroatoms. The molecule has 0 aromatic carbocycles. The van der Waals surface area contributed by atoms with Gasteiger partial charge in [-0.25, -0.2) is 0 Å². The van der Waals surface area contributed by atoms with Crippen LogP contribution in [0.1, 0.15) is 21.3 Å². The fourth-order valence-electron chi connectivity index (χ4n) is 1.91. The molecule has 2 heterocycles. The number of carbonyl (C=O) groups excluding carboxylic acids is 1. The molecule has 1 amide bonds. The number of rotatable bonds is 5. The predicted molar refractivity (Wildman–Crippen MR) is 84.1 cm³/mol. The number of amides is 1. The van der Waals surface area contributed by atoms with Crippen LogP contribution in [0.15, 0.2) is 40.4 Å². The number of aromatic nitrogens is 1. The van der Waals surface area contributed by atoms with Crippen molar-refractivity contribution in [3.8, 4) is 0 Å². The van der Waals surface area contributed by atoms with Crippen molar-refractivity contribution < 1.29 is 9.69 Å². The van der Waals surface area contributed by atoms with Gasteiger partial charge in [-0.15, -0.1) is 11.3 Å². The van der Waals surface area contributed by atoms with E-state index in [1.165, 1.54) is 9.78 Å². The van der Waals surface area contributed by atoms with Crippen molar-refractivity contribution in [3.05, 3.63) is 50.9 Å². The van der Waals surface area contributed by atoms with Crippen molar-refractivity contribution in [2.45, 2.75) is 6.04 Å². The highest BCUT2D eigenvalue weighted by molar-refractivity contribution is 9.10. The van der Waals surface area contributed by atoms with E-state index in [0.717, 1.165) is 4.47 Å². The summed E-state index contributed by atoms with van der Waals surface area (Å²) < 4.78 is 0.804. The molecule has 0 aliphatic rings. The number of quaternary nitrogens is 1. The fourth-order valence-corrected chi connectivity index (χ4v) is 3.23. The second-order valence-corrected chi connectivity index (χ2v) is 6.64. The number of halogens is 1. The molecular weight excluding hydrogens is 338 g/mol. The summed E-state index contributed by atoms with van der Waals surface area (Å²) in [5.41, 5.74) is 0.568. The number of nitrogens with one attached hydrogen (secondary N) is 2. The number of pyridine rings is 1. The Hall–Kier alpha value is -1.24.